The Bertz CT molecular complexity index is 1540. The Morgan fingerprint density at radius 3 is 1.76 bits per heavy atom. The molecule has 0 unspecified atom stereocenters. The van der Waals surface area contributed by atoms with Crippen molar-refractivity contribution in [2.75, 3.05) is 12.9 Å². The molecule has 4 aromatic carbocycles. The van der Waals surface area contributed by atoms with E-state index in [1.807, 2.05) is 98.8 Å². The molecule has 236 valence electrons. The van der Waals surface area contributed by atoms with Crippen molar-refractivity contribution in [2.45, 2.75) is 60.8 Å². The summed E-state index contributed by atoms with van der Waals surface area (Å²) in [5, 5.41) is 0. The van der Waals surface area contributed by atoms with Crippen LogP contribution < -0.4 is 0 Å². The van der Waals surface area contributed by atoms with Crippen LogP contribution >= 0.6 is 11.8 Å². The third-order valence-corrected chi connectivity index (χ3v) is 10.3. The van der Waals surface area contributed by atoms with Gasteiger partial charge in [-0.15, -0.1) is 11.8 Å². The second-order valence-corrected chi connectivity index (χ2v) is 14.7. The molecule has 4 aromatic rings. The predicted octanol–water partition coefficient (Wildman–Crippen LogP) is 6.52. The number of hydrogen-bond acceptors (Lipinski definition) is 8. The zero-order valence-electron chi connectivity index (χ0n) is 25.5. The summed E-state index contributed by atoms with van der Waals surface area (Å²) in [6.45, 7) is 4.15. The van der Waals surface area contributed by atoms with E-state index in [0.29, 0.717) is 0 Å². The Balaban J connectivity index is 1.49. The van der Waals surface area contributed by atoms with Gasteiger partial charge in [-0.2, -0.15) is 8.42 Å². The van der Waals surface area contributed by atoms with Gasteiger partial charge in [-0.05, 0) is 36.1 Å². The first-order valence-electron chi connectivity index (χ1n) is 15.0. The van der Waals surface area contributed by atoms with Gasteiger partial charge in [-0.1, -0.05) is 121 Å². The maximum absolute atomic E-state index is 12.9. The van der Waals surface area contributed by atoms with Gasteiger partial charge in [-0.25, -0.2) is 0 Å². The van der Waals surface area contributed by atoms with Crippen molar-refractivity contribution in [1.82, 2.24) is 0 Å². The molecular formula is C36H38O7S2. The molecule has 2 aliphatic heterocycles. The van der Waals surface area contributed by atoms with Crippen LogP contribution in [0, 0.1) is 0 Å². The molecule has 0 bridgehead atoms. The second kappa shape index (κ2) is 13.4. The zero-order chi connectivity index (χ0) is 31.5. The van der Waals surface area contributed by atoms with E-state index in [1.165, 1.54) is 11.8 Å². The molecule has 9 heteroatoms. The highest BCUT2D eigenvalue weighted by Crippen LogP contribution is 2.53. The largest absolute Gasteiger partial charge is 0.368 e. The summed E-state index contributed by atoms with van der Waals surface area (Å²) in [6, 6.07) is 40.3. The Hall–Kier alpha value is -3.02. The van der Waals surface area contributed by atoms with E-state index in [-0.39, 0.29) is 13.2 Å². The molecule has 0 amide bonds. The van der Waals surface area contributed by atoms with Gasteiger partial charge in [0, 0.05) is 0 Å². The van der Waals surface area contributed by atoms with Gasteiger partial charge in [0.25, 0.3) is 10.1 Å². The Kier molecular flexibility index (Phi) is 9.49. The number of fused-ring (bicyclic) bond motifs is 1. The molecule has 2 saturated heterocycles. The van der Waals surface area contributed by atoms with E-state index in [2.05, 4.69) is 36.4 Å². The number of rotatable bonds is 10. The van der Waals surface area contributed by atoms with Crippen LogP contribution in [0.2, 0.25) is 0 Å². The maximum Gasteiger partial charge on any atom is 0.264 e. The molecule has 0 radical (unpaired) electrons. The minimum absolute atomic E-state index is 0.238. The first kappa shape index (κ1) is 31.9. The summed E-state index contributed by atoms with van der Waals surface area (Å²) in [5.41, 5.74) is 3.16. The SMILES string of the molecule is CC1(C)OC[C@H]2O[C@H](SC(c3ccccc3)(c3ccccc3)c3ccccc3)[C@@H](OS(C)(=O)=O)[C@@H](OCc3ccccc3)[C@@H]2O1. The lowest BCUT2D eigenvalue weighted by Crippen LogP contribution is -2.65. The average molecular weight is 647 g/mol. The van der Waals surface area contributed by atoms with E-state index >= 15 is 0 Å². The molecule has 2 aliphatic rings. The van der Waals surface area contributed by atoms with Crippen molar-refractivity contribution in [3.05, 3.63) is 144 Å². The lowest BCUT2D eigenvalue weighted by atomic mass is 9.84. The molecule has 0 spiro atoms. The lowest BCUT2D eigenvalue weighted by molar-refractivity contribution is -0.353. The van der Waals surface area contributed by atoms with E-state index in [4.69, 9.17) is 23.1 Å². The summed E-state index contributed by atoms with van der Waals surface area (Å²) in [7, 11) is -3.95. The third kappa shape index (κ3) is 7.20. The van der Waals surface area contributed by atoms with Crippen molar-refractivity contribution in [3.63, 3.8) is 0 Å². The van der Waals surface area contributed by atoms with Crippen molar-refractivity contribution in [3.8, 4) is 0 Å². The molecule has 2 heterocycles. The van der Waals surface area contributed by atoms with Crippen LogP contribution in [-0.4, -0.2) is 56.9 Å². The fourth-order valence-electron chi connectivity index (χ4n) is 6.05. The number of benzene rings is 4. The maximum atomic E-state index is 12.9. The van der Waals surface area contributed by atoms with Gasteiger partial charge in [0.15, 0.2) is 5.79 Å². The van der Waals surface area contributed by atoms with Crippen LogP contribution in [0.25, 0.3) is 0 Å². The smallest absolute Gasteiger partial charge is 0.264 e. The van der Waals surface area contributed by atoms with Gasteiger partial charge < -0.3 is 18.9 Å². The Morgan fingerprint density at radius 2 is 1.27 bits per heavy atom. The summed E-state index contributed by atoms with van der Waals surface area (Å²) >= 11 is 1.50. The van der Waals surface area contributed by atoms with Crippen LogP contribution in [0.4, 0.5) is 0 Å². The summed E-state index contributed by atoms with van der Waals surface area (Å²) in [4.78, 5) is 0. The van der Waals surface area contributed by atoms with E-state index < -0.39 is 50.5 Å². The Morgan fingerprint density at radius 1 is 0.778 bits per heavy atom. The standard InChI is InChI=1S/C36H38O7S2/c1-35(2)40-25-30-31(42-35)32(39-24-26-16-8-4-9-17-26)33(43-45(3,37)38)34(41-30)44-36(27-18-10-5-11-19-27,28-20-12-6-13-21-28)29-22-14-7-15-23-29/h4-23,30-34H,24-25H2,1-3H3/t30-,31-,32+,33+,34-/m1/s1. The van der Waals surface area contributed by atoms with E-state index in [0.717, 1.165) is 28.5 Å². The van der Waals surface area contributed by atoms with Crippen molar-refractivity contribution in [1.29, 1.82) is 0 Å². The first-order chi connectivity index (χ1) is 21.6. The van der Waals surface area contributed by atoms with Gasteiger partial charge in [0.05, 0.1) is 24.2 Å². The molecule has 45 heavy (non-hydrogen) atoms. The molecule has 5 atom stereocenters. The van der Waals surface area contributed by atoms with Crippen LogP contribution in [-0.2, 0) is 44.6 Å². The monoisotopic (exact) mass is 646 g/mol. The molecule has 0 aromatic heterocycles. The van der Waals surface area contributed by atoms with Gasteiger partial charge >= 0.3 is 0 Å². The highest BCUT2D eigenvalue weighted by atomic mass is 32.2. The topological polar surface area (TPSA) is 80.3 Å². The normalized spacial score (nSPS) is 24.9. The lowest BCUT2D eigenvalue weighted by Gasteiger charge is -2.52. The van der Waals surface area contributed by atoms with Crippen molar-refractivity contribution >= 4 is 21.9 Å². The van der Waals surface area contributed by atoms with Gasteiger partial charge in [-0.3, -0.25) is 4.18 Å². The van der Waals surface area contributed by atoms with Gasteiger partial charge in [0.1, 0.15) is 29.9 Å². The van der Waals surface area contributed by atoms with Crippen LogP contribution in [0.5, 0.6) is 0 Å². The molecule has 6 rings (SSSR count). The van der Waals surface area contributed by atoms with Crippen molar-refractivity contribution in [2.24, 2.45) is 0 Å². The summed E-state index contributed by atoms with van der Waals surface area (Å²) < 4.78 is 56.8. The highest BCUT2D eigenvalue weighted by molar-refractivity contribution is 8.01. The molecular weight excluding hydrogens is 609 g/mol. The molecule has 0 N–H and O–H groups in total. The third-order valence-electron chi connectivity index (χ3n) is 8.01. The quantitative estimate of drug-likeness (QED) is 0.142. The van der Waals surface area contributed by atoms with E-state index in [1.54, 1.807) is 0 Å². The second-order valence-electron chi connectivity index (χ2n) is 11.8. The number of hydrogen-bond donors (Lipinski definition) is 0. The number of ether oxygens (including phenoxy) is 4. The average Bonchev–Trinajstić information content (AvgIpc) is 3.04. The fraction of sp³-hybridized carbons (Fsp3) is 0.333. The molecule has 7 nitrogen and oxygen atoms in total. The minimum atomic E-state index is -3.95. The molecule has 2 fully saturated rings. The van der Waals surface area contributed by atoms with Crippen molar-refractivity contribution < 1.29 is 31.5 Å². The first-order valence-corrected chi connectivity index (χ1v) is 17.7. The van der Waals surface area contributed by atoms with Gasteiger partial charge in [0.2, 0.25) is 0 Å². The highest BCUT2D eigenvalue weighted by Gasteiger charge is 2.56. The van der Waals surface area contributed by atoms with Crippen LogP contribution in [0.3, 0.4) is 0 Å². The summed E-state index contributed by atoms with van der Waals surface area (Å²) in [5.74, 6) is -0.920. The predicted molar refractivity (Wildman–Crippen MR) is 175 cm³/mol. The molecule has 0 saturated carbocycles. The summed E-state index contributed by atoms with van der Waals surface area (Å²) in [6.07, 6.45) is -1.95. The Labute approximate surface area is 269 Å². The fourth-order valence-corrected chi connectivity index (χ4v) is 8.44. The van der Waals surface area contributed by atoms with Crippen LogP contribution in [0.1, 0.15) is 36.1 Å². The molecule has 0 aliphatic carbocycles. The van der Waals surface area contributed by atoms with E-state index in [9.17, 15) is 8.42 Å². The number of thioether (sulfide) groups is 1. The van der Waals surface area contributed by atoms with Crippen LogP contribution in [0.15, 0.2) is 121 Å². The zero-order valence-corrected chi connectivity index (χ0v) is 27.2. The minimum Gasteiger partial charge on any atom is -0.368 e.